The Balaban J connectivity index is 2.30. The van der Waals surface area contributed by atoms with Crippen LogP contribution in [0.15, 0.2) is 23.4 Å². The van der Waals surface area contributed by atoms with Gasteiger partial charge in [-0.05, 0) is 23.8 Å². The highest BCUT2D eigenvalue weighted by atomic mass is 35.5. The van der Waals surface area contributed by atoms with Crippen LogP contribution in [0.3, 0.4) is 0 Å². The summed E-state index contributed by atoms with van der Waals surface area (Å²) < 4.78 is 0. The fourth-order valence-corrected chi connectivity index (χ4v) is 1.73. The van der Waals surface area contributed by atoms with Gasteiger partial charge in [0.15, 0.2) is 0 Å². The van der Waals surface area contributed by atoms with Gasteiger partial charge < -0.3 is 4.84 Å². The smallest absolute Gasteiger partial charge is 0.318 e. The fraction of sp³-hybridized carbons (Fsp3) is 0.182. The first kappa shape index (κ1) is 10.8. The summed E-state index contributed by atoms with van der Waals surface area (Å²) in [5.41, 5.74) is 1.60. The summed E-state index contributed by atoms with van der Waals surface area (Å²) in [6, 6.07) is 5.01. The van der Waals surface area contributed by atoms with E-state index in [1.807, 2.05) is 0 Å². The Morgan fingerprint density at radius 1 is 1.50 bits per heavy atom. The van der Waals surface area contributed by atoms with E-state index in [9.17, 15) is 9.59 Å². The van der Waals surface area contributed by atoms with Gasteiger partial charge in [0.05, 0.1) is 0 Å². The van der Waals surface area contributed by atoms with Crippen LogP contribution in [-0.2, 0) is 16.1 Å². The summed E-state index contributed by atoms with van der Waals surface area (Å²) in [4.78, 5) is 26.8. The predicted molar refractivity (Wildman–Crippen MR) is 58.7 cm³/mol. The van der Waals surface area contributed by atoms with Crippen molar-refractivity contribution in [1.82, 2.24) is 0 Å². The van der Waals surface area contributed by atoms with Crippen LogP contribution in [0.2, 0.25) is 5.02 Å². The number of rotatable bonds is 1. The van der Waals surface area contributed by atoms with Crippen molar-refractivity contribution >= 4 is 29.1 Å². The van der Waals surface area contributed by atoms with Crippen LogP contribution < -0.4 is 0 Å². The van der Waals surface area contributed by atoms with Crippen LogP contribution >= 0.6 is 11.6 Å². The van der Waals surface area contributed by atoms with Gasteiger partial charge in [-0.25, -0.2) is 4.79 Å². The molecule has 0 aliphatic heterocycles. The van der Waals surface area contributed by atoms with E-state index in [0.717, 1.165) is 5.56 Å². The SMILES string of the molecule is CC(=O)ON=C1Cc2cc(Cl)ccc2C1=O. The van der Waals surface area contributed by atoms with Crippen molar-refractivity contribution in [3.05, 3.63) is 34.3 Å². The van der Waals surface area contributed by atoms with Gasteiger partial charge in [-0.15, -0.1) is 0 Å². The standard InChI is InChI=1S/C11H8ClNO3/c1-6(14)16-13-10-5-7-4-8(12)2-3-9(7)11(10)15/h2-4H,5H2,1H3. The fourth-order valence-electron chi connectivity index (χ4n) is 1.54. The molecule has 0 N–H and O–H groups in total. The summed E-state index contributed by atoms with van der Waals surface area (Å²) in [7, 11) is 0. The van der Waals surface area contributed by atoms with E-state index in [-0.39, 0.29) is 11.5 Å². The Hall–Kier alpha value is -1.68. The predicted octanol–water partition coefficient (Wildman–Crippen LogP) is 2.00. The van der Waals surface area contributed by atoms with Crippen LogP contribution in [-0.4, -0.2) is 17.5 Å². The molecule has 0 amide bonds. The molecule has 0 heterocycles. The molecule has 1 aliphatic rings. The number of nitrogens with zero attached hydrogens (tertiary/aromatic N) is 1. The quantitative estimate of drug-likeness (QED) is 0.555. The third-order valence-corrected chi connectivity index (χ3v) is 2.45. The number of benzene rings is 1. The topological polar surface area (TPSA) is 55.7 Å². The highest BCUT2D eigenvalue weighted by Crippen LogP contribution is 2.23. The number of fused-ring (bicyclic) bond motifs is 1. The number of halogens is 1. The molecule has 16 heavy (non-hydrogen) atoms. The van der Waals surface area contributed by atoms with Gasteiger partial charge >= 0.3 is 5.97 Å². The molecular weight excluding hydrogens is 230 g/mol. The van der Waals surface area contributed by atoms with Crippen molar-refractivity contribution in [2.75, 3.05) is 0 Å². The molecular formula is C11H8ClNO3. The second-order valence-electron chi connectivity index (χ2n) is 3.43. The van der Waals surface area contributed by atoms with Crippen LogP contribution in [0.1, 0.15) is 22.8 Å². The lowest BCUT2D eigenvalue weighted by atomic mass is 10.1. The molecule has 0 radical (unpaired) electrons. The van der Waals surface area contributed by atoms with Crippen molar-refractivity contribution in [3.8, 4) is 0 Å². The van der Waals surface area contributed by atoms with E-state index >= 15 is 0 Å². The Morgan fingerprint density at radius 3 is 2.94 bits per heavy atom. The second kappa shape index (κ2) is 4.06. The Morgan fingerprint density at radius 2 is 2.25 bits per heavy atom. The van der Waals surface area contributed by atoms with Gasteiger partial charge in [-0.1, -0.05) is 16.8 Å². The number of carbonyl (C=O) groups excluding carboxylic acids is 2. The highest BCUT2D eigenvalue weighted by molar-refractivity contribution is 6.49. The van der Waals surface area contributed by atoms with Gasteiger partial charge in [-0.2, -0.15) is 0 Å². The third kappa shape index (κ3) is 1.97. The molecule has 4 nitrogen and oxygen atoms in total. The van der Waals surface area contributed by atoms with Crippen molar-refractivity contribution < 1.29 is 14.4 Å². The van der Waals surface area contributed by atoms with Crippen LogP contribution in [0, 0.1) is 0 Å². The maximum absolute atomic E-state index is 11.8. The average Bonchev–Trinajstić information content (AvgIpc) is 2.52. The summed E-state index contributed by atoms with van der Waals surface area (Å²) in [5.74, 6) is -0.762. The summed E-state index contributed by atoms with van der Waals surface area (Å²) in [6.07, 6.45) is 0.349. The number of carbonyl (C=O) groups is 2. The molecule has 1 aliphatic carbocycles. The minimum absolute atomic E-state index is 0.215. The highest BCUT2D eigenvalue weighted by Gasteiger charge is 2.27. The van der Waals surface area contributed by atoms with Gasteiger partial charge in [0.1, 0.15) is 5.71 Å². The van der Waals surface area contributed by atoms with Crippen molar-refractivity contribution in [1.29, 1.82) is 0 Å². The molecule has 5 heteroatoms. The van der Waals surface area contributed by atoms with Crippen LogP contribution in [0.25, 0.3) is 0 Å². The number of hydrogen-bond donors (Lipinski definition) is 0. The number of oxime groups is 1. The van der Waals surface area contributed by atoms with E-state index < -0.39 is 5.97 Å². The van der Waals surface area contributed by atoms with Gasteiger partial charge in [-0.3, -0.25) is 4.79 Å². The molecule has 0 spiro atoms. The van der Waals surface area contributed by atoms with Crippen molar-refractivity contribution in [3.63, 3.8) is 0 Å². The Labute approximate surface area is 96.8 Å². The maximum atomic E-state index is 11.8. The Bertz CT molecular complexity index is 508. The molecule has 82 valence electrons. The average molecular weight is 238 g/mol. The zero-order valence-electron chi connectivity index (χ0n) is 8.49. The number of ketones is 1. The second-order valence-corrected chi connectivity index (χ2v) is 3.86. The molecule has 0 unspecified atom stereocenters. The zero-order chi connectivity index (χ0) is 11.7. The van der Waals surface area contributed by atoms with E-state index in [1.54, 1.807) is 18.2 Å². The van der Waals surface area contributed by atoms with E-state index in [4.69, 9.17) is 11.6 Å². The van der Waals surface area contributed by atoms with Crippen molar-refractivity contribution in [2.24, 2.45) is 5.16 Å². The monoisotopic (exact) mass is 237 g/mol. The maximum Gasteiger partial charge on any atom is 0.331 e. The van der Waals surface area contributed by atoms with E-state index in [2.05, 4.69) is 9.99 Å². The lowest BCUT2D eigenvalue weighted by Gasteiger charge is -1.94. The molecule has 0 atom stereocenters. The van der Waals surface area contributed by atoms with E-state index in [0.29, 0.717) is 17.0 Å². The summed E-state index contributed by atoms with van der Waals surface area (Å²) >= 11 is 5.81. The summed E-state index contributed by atoms with van der Waals surface area (Å²) in [5, 5.41) is 4.09. The molecule has 0 saturated heterocycles. The molecule has 0 bridgehead atoms. The minimum Gasteiger partial charge on any atom is -0.318 e. The number of Topliss-reactive ketones (excluding diaryl/α,β-unsaturated/α-hetero) is 1. The third-order valence-electron chi connectivity index (χ3n) is 2.22. The van der Waals surface area contributed by atoms with Crippen LogP contribution in [0.5, 0.6) is 0 Å². The molecule has 1 aromatic rings. The molecule has 0 fully saturated rings. The van der Waals surface area contributed by atoms with E-state index in [1.165, 1.54) is 6.92 Å². The molecule has 0 aromatic heterocycles. The molecule has 0 saturated carbocycles. The van der Waals surface area contributed by atoms with Crippen LogP contribution in [0.4, 0.5) is 0 Å². The molecule has 1 aromatic carbocycles. The normalized spacial score (nSPS) is 16.4. The van der Waals surface area contributed by atoms with Gasteiger partial charge in [0.2, 0.25) is 5.78 Å². The van der Waals surface area contributed by atoms with Gasteiger partial charge in [0.25, 0.3) is 0 Å². The largest absolute Gasteiger partial charge is 0.331 e. The van der Waals surface area contributed by atoms with Crippen molar-refractivity contribution in [2.45, 2.75) is 13.3 Å². The first-order chi connectivity index (χ1) is 7.58. The minimum atomic E-state index is -0.547. The first-order valence-electron chi connectivity index (χ1n) is 4.65. The number of hydrogen-bond acceptors (Lipinski definition) is 4. The molecule has 2 rings (SSSR count). The summed E-state index contributed by atoms with van der Waals surface area (Å²) in [6.45, 7) is 1.23. The van der Waals surface area contributed by atoms with Gasteiger partial charge in [0, 0.05) is 23.9 Å². The Kier molecular flexibility index (Phi) is 2.75. The lowest BCUT2D eigenvalue weighted by molar-refractivity contribution is -0.140. The zero-order valence-corrected chi connectivity index (χ0v) is 9.25. The first-order valence-corrected chi connectivity index (χ1v) is 5.03. The lowest BCUT2D eigenvalue weighted by Crippen LogP contribution is -2.09.